The van der Waals surface area contributed by atoms with Crippen LogP contribution in [0, 0.1) is 5.82 Å². The van der Waals surface area contributed by atoms with E-state index in [1.807, 2.05) is 19.2 Å². The Hall–Kier alpha value is -2.06. The SMILES string of the molecule is CN[C@H]1CC[C@@H](Oc2cc3c(Nc4ccc(F)c(Cl)c4)ncnc3cc2OC)CC1.Cl.Cl. The quantitative estimate of drug-likeness (QED) is 0.435. The van der Waals surface area contributed by atoms with Crippen molar-refractivity contribution in [2.45, 2.75) is 37.8 Å². The highest BCUT2D eigenvalue weighted by Crippen LogP contribution is 2.37. The van der Waals surface area contributed by atoms with E-state index < -0.39 is 5.82 Å². The first-order valence-electron chi connectivity index (χ1n) is 9.96. The first kappa shape index (κ1) is 26.2. The molecule has 32 heavy (non-hydrogen) atoms. The number of aromatic nitrogens is 2. The van der Waals surface area contributed by atoms with Gasteiger partial charge in [0.2, 0.25) is 0 Å². The Labute approximate surface area is 204 Å². The predicted octanol–water partition coefficient (Wildman–Crippen LogP) is 5.93. The molecule has 1 aliphatic rings. The van der Waals surface area contributed by atoms with Gasteiger partial charge in [0.05, 0.1) is 23.8 Å². The second kappa shape index (κ2) is 11.7. The molecular formula is C22H26Cl3FN4O2. The van der Waals surface area contributed by atoms with Crippen LogP contribution < -0.4 is 20.1 Å². The highest BCUT2D eigenvalue weighted by atomic mass is 35.5. The Morgan fingerprint density at radius 3 is 2.44 bits per heavy atom. The fourth-order valence-corrected chi connectivity index (χ4v) is 3.96. The maximum absolute atomic E-state index is 13.5. The molecule has 2 aromatic carbocycles. The van der Waals surface area contributed by atoms with Gasteiger partial charge in [0.25, 0.3) is 0 Å². The molecule has 0 bridgehead atoms. The van der Waals surface area contributed by atoms with Crippen LogP contribution in [-0.2, 0) is 0 Å². The zero-order chi connectivity index (χ0) is 21.1. The molecule has 10 heteroatoms. The summed E-state index contributed by atoms with van der Waals surface area (Å²) in [6.07, 6.45) is 5.73. The molecule has 0 unspecified atom stereocenters. The van der Waals surface area contributed by atoms with Crippen LogP contribution in [0.15, 0.2) is 36.7 Å². The van der Waals surface area contributed by atoms with Crippen LogP contribution in [0.4, 0.5) is 15.9 Å². The van der Waals surface area contributed by atoms with Gasteiger partial charge in [0.15, 0.2) is 11.5 Å². The number of nitrogens with one attached hydrogen (secondary N) is 2. The lowest BCUT2D eigenvalue weighted by atomic mass is 9.93. The lowest BCUT2D eigenvalue weighted by Crippen LogP contribution is -2.34. The molecule has 0 atom stereocenters. The number of ether oxygens (including phenoxy) is 2. The monoisotopic (exact) mass is 502 g/mol. The summed E-state index contributed by atoms with van der Waals surface area (Å²) in [6, 6.07) is 8.73. The lowest BCUT2D eigenvalue weighted by Gasteiger charge is -2.29. The van der Waals surface area contributed by atoms with Crippen LogP contribution in [-0.4, -0.2) is 36.3 Å². The van der Waals surface area contributed by atoms with E-state index in [-0.39, 0.29) is 35.9 Å². The second-order valence-electron chi connectivity index (χ2n) is 7.38. The predicted molar refractivity (Wildman–Crippen MR) is 131 cm³/mol. The molecule has 3 aromatic rings. The van der Waals surface area contributed by atoms with Crippen molar-refractivity contribution in [2.75, 3.05) is 19.5 Å². The van der Waals surface area contributed by atoms with Crippen LogP contribution in [0.25, 0.3) is 10.9 Å². The van der Waals surface area contributed by atoms with Gasteiger partial charge in [-0.2, -0.15) is 0 Å². The Morgan fingerprint density at radius 1 is 1.03 bits per heavy atom. The third-order valence-electron chi connectivity index (χ3n) is 5.48. The summed E-state index contributed by atoms with van der Waals surface area (Å²) in [5, 5.41) is 7.34. The molecule has 1 fully saturated rings. The van der Waals surface area contributed by atoms with Gasteiger partial charge in [-0.25, -0.2) is 14.4 Å². The van der Waals surface area contributed by atoms with E-state index in [1.165, 1.54) is 18.5 Å². The van der Waals surface area contributed by atoms with Crippen molar-refractivity contribution in [1.82, 2.24) is 15.3 Å². The van der Waals surface area contributed by atoms with E-state index in [9.17, 15) is 4.39 Å². The zero-order valence-corrected chi connectivity index (χ0v) is 20.1. The van der Waals surface area contributed by atoms with E-state index in [2.05, 4.69) is 20.6 Å². The average molecular weight is 504 g/mol. The fourth-order valence-electron chi connectivity index (χ4n) is 3.77. The number of anilines is 2. The Bertz CT molecular complexity index is 1050. The lowest BCUT2D eigenvalue weighted by molar-refractivity contribution is 0.137. The molecule has 0 amide bonds. The molecule has 1 saturated carbocycles. The summed E-state index contributed by atoms with van der Waals surface area (Å²) in [4.78, 5) is 8.71. The van der Waals surface area contributed by atoms with Crippen LogP contribution in [0.3, 0.4) is 0 Å². The topological polar surface area (TPSA) is 68.3 Å². The minimum absolute atomic E-state index is 0. The van der Waals surface area contributed by atoms with Crippen molar-refractivity contribution in [1.29, 1.82) is 0 Å². The van der Waals surface area contributed by atoms with Gasteiger partial charge in [-0.15, -0.1) is 24.8 Å². The molecule has 174 valence electrons. The molecule has 1 heterocycles. The Morgan fingerprint density at radius 2 is 1.78 bits per heavy atom. The van der Waals surface area contributed by atoms with Gasteiger partial charge < -0.3 is 20.1 Å². The summed E-state index contributed by atoms with van der Waals surface area (Å²) in [7, 11) is 3.62. The van der Waals surface area contributed by atoms with E-state index in [0.717, 1.165) is 31.1 Å². The van der Waals surface area contributed by atoms with Crippen molar-refractivity contribution in [2.24, 2.45) is 0 Å². The molecule has 1 aromatic heterocycles. The second-order valence-corrected chi connectivity index (χ2v) is 7.78. The van der Waals surface area contributed by atoms with Crippen molar-refractivity contribution in [3.8, 4) is 11.5 Å². The maximum Gasteiger partial charge on any atom is 0.162 e. The normalized spacial score (nSPS) is 17.8. The van der Waals surface area contributed by atoms with Crippen molar-refractivity contribution in [3.63, 3.8) is 0 Å². The Balaban J connectivity index is 0.00000181. The summed E-state index contributed by atoms with van der Waals surface area (Å²) in [5.41, 5.74) is 1.34. The van der Waals surface area contributed by atoms with Gasteiger partial charge in [-0.3, -0.25) is 0 Å². The summed E-state index contributed by atoms with van der Waals surface area (Å²) >= 11 is 5.90. The highest BCUT2D eigenvalue weighted by Gasteiger charge is 2.23. The van der Waals surface area contributed by atoms with E-state index in [1.54, 1.807) is 13.2 Å². The summed E-state index contributed by atoms with van der Waals surface area (Å²) in [5.74, 6) is 1.40. The van der Waals surface area contributed by atoms with Gasteiger partial charge in [0, 0.05) is 23.2 Å². The number of halogens is 4. The number of nitrogens with zero attached hydrogens (tertiary/aromatic N) is 2. The minimum Gasteiger partial charge on any atom is -0.493 e. The van der Waals surface area contributed by atoms with Crippen molar-refractivity contribution >= 4 is 58.8 Å². The van der Waals surface area contributed by atoms with Gasteiger partial charge in [-0.05, 0) is 57.0 Å². The molecule has 1 aliphatic carbocycles. The Kier molecular flexibility index (Phi) is 9.58. The summed E-state index contributed by atoms with van der Waals surface area (Å²) in [6.45, 7) is 0. The van der Waals surface area contributed by atoms with Crippen LogP contribution >= 0.6 is 36.4 Å². The van der Waals surface area contributed by atoms with Crippen molar-refractivity contribution < 1.29 is 13.9 Å². The zero-order valence-electron chi connectivity index (χ0n) is 17.7. The molecule has 0 spiro atoms. The molecular weight excluding hydrogens is 478 g/mol. The van der Waals surface area contributed by atoms with Gasteiger partial charge in [-0.1, -0.05) is 11.6 Å². The standard InChI is InChI=1S/C22H24ClFN4O2.2ClH/c1-25-13-3-6-15(7-4-13)30-21-10-16-19(11-20(21)29-2)26-12-27-22(16)28-14-5-8-18(24)17(23)9-14;;/h5,8-13,15,25H,3-4,6-7H2,1-2H3,(H,26,27,28);2*1H/t13-,15+;;. The largest absolute Gasteiger partial charge is 0.493 e. The smallest absolute Gasteiger partial charge is 0.162 e. The minimum atomic E-state index is -0.469. The van der Waals surface area contributed by atoms with Gasteiger partial charge >= 0.3 is 0 Å². The van der Waals surface area contributed by atoms with E-state index >= 15 is 0 Å². The van der Waals surface area contributed by atoms with Crippen LogP contribution in [0.2, 0.25) is 5.02 Å². The average Bonchev–Trinajstić information content (AvgIpc) is 2.77. The van der Waals surface area contributed by atoms with Crippen LogP contribution in [0.1, 0.15) is 25.7 Å². The van der Waals surface area contributed by atoms with Gasteiger partial charge in [0.1, 0.15) is 18.0 Å². The third-order valence-corrected chi connectivity index (χ3v) is 5.77. The summed E-state index contributed by atoms with van der Waals surface area (Å²) < 4.78 is 25.3. The fraction of sp³-hybridized carbons (Fsp3) is 0.364. The molecule has 6 nitrogen and oxygen atoms in total. The number of hydrogen-bond donors (Lipinski definition) is 2. The maximum atomic E-state index is 13.5. The molecule has 0 radical (unpaired) electrons. The third kappa shape index (κ3) is 5.84. The number of rotatable bonds is 6. The van der Waals surface area contributed by atoms with E-state index in [4.69, 9.17) is 21.1 Å². The number of benzene rings is 2. The van der Waals surface area contributed by atoms with Crippen LogP contribution in [0.5, 0.6) is 11.5 Å². The highest BCUT2D eigenvalue weighted by molar-refractivity contribution is 6.31. The molecule has 0 saturated heterocycles. The van der Waals surface area contributed by atoms with E-state index in [0.29, 0.717) is 34.6 Å². The number of fused-ring (bicyclic) bond motifs is 1. The molecule has 0 aliphatic heterocycles. The first-order valence-corrected chi connectivity index (χ1v) is 10.3. The molecule has 4 rings (SSSR count). The van der Waals surface area contributed by atoms with Crippen molar-refractivity contribution in [3.05, 3.63) is 47.5 Å². The number of methoxy groups -OCH3 is 1. The number of hydrogen-bond acceptors (Lipinski definition) is 6. The first-order chi connectivity index (χ1) is 14.6. The molecule has 2 N–H and O–H groups in total.